The second-order valence-corrected chi connectivity index (χ2v) is 10.7. The minimum absolute atomic E-state index is 0.127. The highest BCUT2D eigenvalue weighted by molar-refractivity contribution is 7.12. The van der Waals surface area contributed by atoms with E-state index in [9.17, 15) is 9.59 Å². The van der Waals surface area contributed by atoms with E-state index < -0.39 is 0 Å². The van der Waals surface area contributed by atoms with E-state index in [0.29, 0.717) is 27.1 Å². The van der Waals surface area contributed by atoms with Crippen LogP contribution in [0, 0.1) is 23.2 Å². The van der Waals surface area contributed by atoms with Gasteiger partial charge in [-0.3, -0.25) is 9.59 Å². The molecule has 0 saturated heterocycles. The fourth-order valence-electron chi connectivity index (χ4n) is 6.84. The minimum Gasteiger partial charge on any atom is -0.493 e. The molecule has 4 saturated carbocycles. The first-order valence-corrected chi connectivity index (χ1v) is 11.7. The molecule has 0 radical (unpaired) electrons. The van der Waals surface area contributed by atoms with Crippen LogP contribution in [0.4, 0.5) is 0 Å². The minimum atomic E-state index is -0.184. The number of hydrogen-bond donors (Lipinski definition) is 1. The predicted molar refractivity (Wildman–Crippen MR) is 119 cm³/mol. The van der Waals surface area contributed by atoms with Crippen LogP contribution in [0.15, 0.2) is 23.0 Å². The van der Waals surface area contributed by atoms with Gasteiger partial charge in [0.15, 0.2) is 11.5 Å². The van der Waals surface area contributed by atoms with Crippen LogP contribution in [0.25, 0.3) is 10.8 Å². The third kappa shape index (κ3) is 3.11. The Bertz CT molecular complexity index is 1020. The maximum Gasteiger partial charge on any atom is 0.261 e. The van der Waals surface area contributed by atoms with Gasteiger partial charge in [0.05, 0.1) is 24.5 Å². The molecule has 1 aromatic carbocycles. The van der Waals surface area contributed by atoms with Crippen molar-refractivity contribution in [1.82, 2.24) is 5.32 Å². The molecule has 0 spiro atoms. The van der Waals surface area contributed by atoms with Crippen molar-refractivity contribution in [3.05, 3.63) is 32.6 Å². The summed E-state index contributed by atoms with van der Waals surface area (Å²) in [6.45, 7) is 2.17. The Hall–Kier alpha value is -2.08. The van der Waals surface area contributed by atoms with Gasteiger partial charge in [-0.25, -0.2) is 0 Å². The van der Waals surface area contributed by atoms with Gasteiger partial charge in [-0.15, -0.1) is 0 Å². The molecule has 4 fully saturated rings. The van der Waals surface area contributed by atoms with Gasteiger partial charge in [-0.1, -0.05) is 17.4 Å². The quantitative estimate of drug-likeness (QED) is 0.757. The zero-order valence-corrected chi connectivity index (χ0v) is 18.6. The summed E-state index contributed by atoms with van der Waals surface area (Å²) in [7, 11) is 3.07. The lowest BCUT2D eigenvalue weighted by Crippen LogP contribution is -2.55. The summed E-state index contributed by atoms with van der Waals surface area (Å²) in [5, 5.41) is 4.44. The topological polar surface area (TPSA) is 64.6 Å². The van der Waals surface area contributed by atoms with Gasteiger partial charge in [-0.05, 0) is 86.1 Å². The summed E-state index contributed by atoms with van der Waals surface area (Å²) in [6, 6.07) is 5.50. The number of fused-ring (bicyclic) bond motifs is 1. The van der Waals surface area contributed by atoms with E-state index in [1.165, 1.54) is 45.6 Å². The van der Waals surface area contributed by atoms with Gasteiger partial charge >= 0.3 is 0 Å². The maximum absolute atomic E-state index is 13.1. The van der Waals surface area contributed by atoms with E-state index in [2.05, 4.69) is 12.2 Å². The summed E-state index contributed by atoms with van der Waals surface area (Å²) < 4.78 is 10.5. The lowest BCUT2D eigenvalue weighted by atomic mass is 9.48. The van der Waals surface area contributed by atoms with Crippen molar-refractivity contribution >= 4 is 28.0 Å². The largest absolute Gasteiger partial charge is 0.493 e. The van der Waals surface area contributed by atoms with Crippen molar-refractivity contribution in [1.29, 1.82) is 0 Å². The molecule has 1 atom stereocenters. The Balaban J connectivity index is 1.42. The molecule has 6 rings (SSSR count). The number of amides is 1. The fourth-order valence-corrected chi connectivity index (χ4v) is 7.69. The normalized spacial score (nSPS) is 30.3. The lowest BCUT2D eigenvalue weighted by molar-refractivity contribution is -0.0687. The molecule has 4 aliphatic rings. The molecule has 1 unspecified atom stereocenters. The van der Waals surface area contributed by atoms with Crippen molar-refractivity contribution in [2.45, 2.75) is 51.5 Å². The first-order valence-electron chi connectivity index (χ1n) is 10.9. The number of carbonyl (C=O) groups excluding carboxylic acids is 1. The molecule has 4 bridgehead atoms. The monoisotopic (exact) mass is 427 g/mol. The second-order valence-electron chi connectivity index (χ2n) is 9.64. The standard InChI is InChI=1S/C24H29NO4S/c1-13(24-10-14-6-15(11-24)8-16(7-14)12-24)25-22(26)19-9-17-4-5-18(28-2)21(29-3)20(17)23(27)30-19/h4-5,9,13-16H,6-8,10-12H2,1-3H3,(H,25,26). The van der Waals surface area contributed by atoms with E-state index in [1.807, 2.05) is 6.07 Å². The van der Waals surface area contributed by atoms with Crippen molar-refractivity contribution in [2.75, 3.05) is 14.2 Å². The summed E-state index contributed by atoms with van der Waals surface area (Å²) in [5.74, 6) is 3.32. The molecule has 1 aromatic heterocycles. The Labute approximate surface area is 180 Å². The van der Waals surface area contributed by atoms with E-state index >= 15 is 0 Å². The summed E-state index contributed by atoms with van der Waals surface area (Å²) in [6.07, 6.45) is 7.88. The van der Waals surface area contributed by atoms with Crippen LogP contribution in [0.3, 0.4) is 0 Å². The third-order valence-electron chi connectivity index (χ3n) is 7.85. The Morgan fingerprint density at radius 2 is 1.73 bits per heavy atom. The molecule has 1 heterocycles. The first-order chi connectivity index (χ1) is 14.4. The van der Waals surface area contributed by atoms with E-state index in [4.69, 9.17) is 9.47 Å². The van der Waals surface area contributed by atoms with Gasteiger partial charge in [0.1, 0.15) is 0 Å². The second kappa shape index (κ2) is 7.26. The zero-order chi connectivity index (χ0) is 21.0. The van der Waals surface area contributed by atoms with Crippen LogP contribution < -0.4 is 19.5 Å². The summed E-state index contributed by atoms with van der Waals surface area (Å²) in [5.41, 5.74) is 0.239. The van der Waals surface area contributed by atoms with Gasteiger partial charge in [0.25, 0.3) is 5.91 Å². The van der Waals surface area contributed by atoms with Crippen molar-refractivity contribution in [2.24, 2.45) is 23.2 Å². The average molecular weight is 428 g/mol. The third-order valence-corrected chi connectivity index (χ3v) is 8.76. The predicted octanol–water partition coefficient (Wildman–Crippen LogP) is 4.61. The van der Waals surface area contributed by atoms with Gasteiger partial charge in [-0.2, -0.15) is 0 Å². The highest BCUT2D eigenvalue weighted by Crippen LogP contribution is 2.61. The van der Waals surface area contributed by atoms with Crippen LogP contribution in [0.2, 0.25) is 0 Å². The molecule has 1 amide bonds. The molecule has 4 aliphatic carbocycles. The van der Waals surface area contributed by atoms with Crippen LogP contribution >= 0.6 is 11.3 Å². The van der Waals surface area contributed by atoms with E-state index in [1.54, 1.807) is 19.2 Å². The number of benzene rings is 1. The lowest BCUT2D eigenvalue weighted by Gasteiger charge is -2.59. The molecular formula is C24H29NO4S. The number of ether oxygens (including phenoxy) is 2. The van der Waals surface area contributed by atoms with Crippen LogP contribution in [-0.2, 0) is 0 Å². The molecule has 5 nitrogen and oxygen atoms in total. The number of methoxy groups -OCH3 is 2. The van der Waals surface area contributed by atoms with Gasteiger partial charge in [0, 0.05) is 6.04 Å². The molecule has 2 aromatic rings. The van der Waals surface area contributed by atoms with E-state index in [-0.39, 0.29) is 22.1 Å². The summed E-state index contributed by atoms with van der Waals surface area (Å²) >= 11 is 0.980. The SMILES string of the molecule is COc1ccc2cc(C(=O)NC(C)C34CC5CC(CC(C5)C3)C4)sc(=O)c2c1OC. The maximum atomic E-state index is 13.1. The number of nitrogens with one attached hydrogen (secondary N) is 1. The van der Waals surface area contributed by atoms with Crippen LogP contribution in [-0.4, -0.2) is 26.2 Å². The van der Waals surface area contributed by atoms with Crippen molar-refractivity contribution in [3.8, 4) is 11.5 Å². The average Bonchev–Trinajstić information content (AvgIpc) is 2.71. The van der Waals surface area contributed by atoms with Gasteiger partial charge in [0.2, 0.25) is 4.74 Å². The highest BCUT2D eigenvalue weighted by atomic mass is 32.1. The number of carbonyl (C=O) groups is 1. The smallest absolute Gasteiger partial charge is 0.261 e. The molecule has 1 N–H and O–H groups in total. The van der Waals surface area contributed by atoms with Crippen LogP contribution in [0.5, 0.6) is 11.5 Å². The van der Waals surface area contributed by atoms with Crippen LogP contribution in [0.1, 0.15) is 55.1 Å². The Kier molecular flexibility index (Phi) is 4.80. The molecule has 6 heteroatoms. The Morgan fingerprint density at radius 1 is 1.10 bits per heavy atom. The first kappa shape index (κ1) is 19.9. The number of hydrogen-bond acceptors (Lipinski definition) is 5. The zero-order valence-electron chi connectivity index (χ0n) is 17.8. The van der Waals surface area contributed by atoms with Crippen molar-refractivity contribution < 1.29 is 14.3 Å². The highest BCUT2D eigenvalue weighted by Gasteiger charge is 2.53. The summed E-state index contributed by atoms with van der Waals surface area (Å²) in [4.78, 5) is 26.4. The molecular weight excluding hydrogens is 398 g/mol. The Morgan fingerprint density at radius 3 is 2.30 bits per heavy atom. The molecule has 0 aliphatic heterocycles. The molecule has 30 heavy (non-hydrogen) atoms. The van der Waals surface area contributed by atoms with Crippen molar-refractivity contribution in [3.63, 3.8) is 0 Å². The fraction of sp³-hybridized carbons (Fsp3) is 0.583. The van der Waals surface area contributed by atoms with Gasteiger partial charge < -0.3 is 14.8 Å². The molecule has 160 valence electrons. The van der Waals surface area contributed by atoms with E-state index in [0.717, 1.165) is 29.1 Å². The number of rotatable bonds is 5.